The SMILES string of the molecule is CCCC(=O)Nc1ccc(-c2csc(-c3ccsc3)n2)cc1. The van der Waals surface area contributed by atoms with Crippen LogP contribution in [-0.4, -0.2) is 10.9 Å². The molecular weight excluding hydrogens is 312 g/mol. The van der Waals surface area contributed by atoms with Gasteiger partial charge in [-0.25, -0.2) is 4.98 Å². The van der Waals surface area contributed by atoms with E-state index in [-0.39, 0.29) is 5.91 Å². The number of benzene rings is 1. The number of aromatic nitrogens is 1. The molecule has 3 rings (SSSR count). The molecule has 0 atom stereocenters. The van der Waals surface area contributed by atoms with E-state index >= 15 is 0 Å². The van der Waals surface area contributed by atoms with Crippen LogP contribution in [0, 0.1) is 0 Å². The predicted octanol–water partition coefficient (Wildman–Crippen LogP) is 5.28. The number of carbonyl (C=O) groups is 1. The molecule has 0 aliphatic rings. The van der Waals surface area contributed by atoms with E-state index in [2.05, 4.69) is 32.5 Å². The van der Waals surface area contributed by atoms with Gasteiger partial charge in [0.15, 0.2) is 0 Å². The van der Waals surface area contributed by atoms with Crippen LogP contribution in [0.1, 0.15) is 19.8 Å². The molecule has 112 valence electrons. The van der Waals surface area contributed by atoms with Crippen molar-refractivity contribution in [2.45, 2.75) is 19.8 Å². The number of thiazole rings is 1. The normalized spacial score (nSPS) is 10.6. The molecule has 1 aromatic carbocycles. The Hall–Kier alpha value is -1.98. The molecule has 0 saturated heterocycles. The monoisotopic (exact) mass is 328 g/mol. The maximum absolute atomic E-state index is 11.6. The van der Waals surface area contributed by atoms with Crippen molar-refractivity contribution in [1.82, 2.24) is 4.98 Å². The topological polar surface area (TPSA) is 42.0 Å². The summed E-state index contributed by atoms with van der Waals surface area (Å²) in [5, 5.41) is 10.2. The highest BCUT2D eigenvalue weighted by atomic mass is 32.1. The van der Waals surface area contributed by atoms with Crippen LogP contribution in [0.4, 0.5) is 5.69 Å². The highest BCUT2D eigenvalue weighted by Crippen LogP contribution is 2.30. The number of nitrogens with zero attached hydrogens (tertiary/aromatic N) is 1. The molecule has 3 aromatic rings. The van der Waals surface area contributed by atoms with Gasteiger partial charge >= 0.3 is 0 Å². The van der Waals surface area contributed by atoms with Crippen molar-refractivity contribution in [2.75, 3.05) is 5.32 Å². The Bertz CT molecular complexity index is 745. The van der Waals surface area contributed by atoms with Crippen molar-refractivity contribution in [2.24, 2.45) is 0 Å². The van der Waals surface area contributed by atoms with E-state index in [1.807, 2.05) is 31.2 Å². The summed E-state index contributed by atoms with van der Waals surface area (Å²) in [4.78, 5) is 16.3. The molecule has 0 aliphatic heterocycles. The molecule has 2 aromatic heterocycles. The number of thiophene rings is 1. The lowest BCUT2D eigenvalue weighted by Crippen LogP contribution is -2.10. The molecule has 0 unspecified atom stereocenters. The van der Waals surface area contributed by atoms with Crippen LogP contribution >= 0.6 is 22.7 Å². The fraction of sp³-hybridized carbons (Fsp3) is 0.176. The summed E-state index contributed by atoms with van der Waals surface area (Å²) in [5.41, 5.74) is 4.03. The molecule has 5 heteroatoms. The number of amides is 1. The standard InChI is InChI=1S/C17H16N2OS2/c1-2-3-16(20)18-14-6-4-12(5-7-14)15-11-22-17(19-15)13-8-9-21-10-13/h4-11H,2-3H2,1H3,(H,18,20). The van der Waals surface area contributed by atoms with Gasteiger partial charge in [-0.1, -0.05) is 19.1 Å². The van der Waals surface area contributed by atoms with Crippen molar-refractivity contribution in [1.29, 1.82) is 0 Å². The largest absolute Gasteiger partial charge is 0.326 e. The smallest absolute Gasteiger partial charge is 0.224 e. The van der Waals surface area contributed by atoms with Gasteiger partial charge in [0, 0.05) is 34.0 Å². The van der Waals surface area contributed by atoms with Crippen LogP contribution < -0.4 is 5.32 Å². The zero-order chi connectivity index (χ0) is 15.4. The lowest BCUT2D eigenvalue weighted by molar-refractivity contribution is -0.116. The van der Waals surface area contributed by atoms with E-state index in [1.165, 1.54) is 5.56 Å². The Labute approximate surface area is 137 Å². The average Bonchev–Trinajstić information content (AvgIpc) is 3.19. The fourth-order valence-electron chi connectivity index (χ4n) is 2.10. The summed E-state index contributed by atoms with van der Waals surface area (Å²) >= 11 is 3.33. The molecule has 2 heterocycles. The average molecular weight is 328 g/mol. The van der Waals surface area contributed by atoms with Gasteiger partial charge < -0.3 is 5.32 Å². The van der Waals surface area contributed by atoms with Crippen LogP contribution in [0.2, 0.25) is 0 Å². The number of hydrogen-bond acceptors (Lipinski definition) is 4. The van der Waals surface area contributed by atoms with Crippen LogP contribution in [0.15, 0.2) is 46.5 Å². The molecule has 0 spiro atoms. The maximum atomic E-state index is 11.6. The van der Waals surface area contributed by atoms with Gasteiger partial charge in [-0.15, -0.1) is 11.3 Å². The Morgan fingerprint density at radius 2 is 1.95 bits per heavy atom. The van der Waals surface area contributed by atoms with E-state index in [1.54, 1.807) is 22.7 Å². The maximum Gasteiger partial charge on any atom is 0.224 e. The zero-order valence-corrected chi connectivity index (χ0v) is 13.8. The first-order valence-electron chi connectivity index (χ1n) is 7.14. The third kappa shape index (κ3) is 3.43. The molecule has 0 bridgehead atoms. The quantitative estimate of drug-likeness (QED) is 0.692. The van der Waals surface area contributed by atoms with Crippen molar-refractivity contribution in [3.63, 3.8) is 0 Å². The lowest BCUT2D eigenvalue weighted by Gasteiger charge is -2.04. The number of rotatable bonds is 5. The van der Waals surface area contributed by atoms with Gasteiger partial charge in [-0.2, -0.15) is 11.3 Å². The Kier molecular flexibility index (Phi) is 4.65. The summed E-state index contributed by atoms with van der Waals surface area (Å²) < 4.78 is 0. The highest BCUT2D eigenvalue weighted by Gasteiger charge is 2.07. The van der Waals surface area contributed by atoms with E-state index in [9.17, 15) is 4.79 Å². The Morgan fingerprint density at radius 1 is 1.14 bits per heavy atom. The third-order valence-corrected chi connectivity index (χ3v) is 4.79. The van der Waals surface area contributed by atoms with Crippen molar-refractivity contribution < 1.29 is 4.79 Å². The molecule has 0 radical (unpaired) electrons. The van der Waals surface area contributed by atoms with Gasteiger partial charge in [-0.05, 0) is 30.0 Å². The second-order valence-corrected chi connectivity index (χ2v) is 6.56. The molecule has 0 fully saturated rings. The Balaban J connectivity index is 1.74. The van der Waals surface area contributed by atoms with Gasteiger partial charge in [0.05, 0.1) is 5.69 Å². The summed E-state index contributed by atoms with van der Waals surface area (Å²) in [6, 6.07) is 9.92. The van der Waals surface area contributed by atoms with Crippen LogP contribution in [0.5, 0.6) is 0 Å². The minimum absolute atomic E-state index is 0.0589. The number of hydrogen-bond donors (Lipinski definition) is 1. The second kappa shape index (κ2) is 6.85. The summed E-state index contributed by atoms with van der Waals surface area (Å²) in [6.07, 6.45) is 1.41. The fourth-order valence-corrected chi connectivity index (χ4v) is 3.64. The molecule has 1 N–H and O–H groups in total. The Morgan fingerprint density at radius 3 is 2.64 bits per heavy atom. The van der Waals surface area contributed by atoms with Crippen LogP contribution in [0.25, 0.3) is 21.8 Å². The van der Waals surface area contributed by atoms with Gasteiger partial charge in [0.2, 0.25) is 5.91 Å². The molecular formula is C17H16N2OS2. The number of nitrogens with one attached hydrogen (secondary N) is 1. The first kappa shape index (κ1) is 14.9. The lowest BCUT2D eigenvalue weighted by atomic mass is 10.1. The van der Waals surface area contributed by atoms with E-state index in [4.69, 9.17) is 0 Å². The molecule has 0 aliphatic carbocycles. The minimum atomic E-state index is 0.0589. The molecule has 22 heavy (non-hydrogen) atoms. The molecule has 3 nitrogen and oxygen atoms in total. The number of anilines is 1. The summed E-state index contributed by atoms with van der Waals surface area (Å²) in [5.74, 6) is 0.0589. The van der Waals surface area contributed by atoms with Gasteiger partial charge in [0.1, 0.15) is 5.01 Å². The van der Waals surface area contributed by atoms with E-state index in [0.29, 0.717) is 6.42 Å². The third-order valence-electron chi connectivity index (χ3n) is 3.21. The number of carbonyl (C=O) groups excluding carboxylic acids is 1. The van der Waals surface area contributed by atoms with Crippen molar-refractivity contribution in [3.8, 4) is 21.8 Å². The van der Waals surface area contributed by atoms with Gasteiger partial charge in [0.25, 0.3) is 0 Å². The molecule has 1 amide bonds. The predicted molar refractivity (Wildman–Crippen MR) is 94.4 cm³/mol. The summed E-state index contributed by atoms with van der Waals surface area (Å²) in [6.45, 7) is 2.00. The van der Waals surface area contributed by atoms with Crippen LogP contribution in [0.3, 0.4) is 0 Å². The van der Waals surface area contributed by atoms with E-state index in [0.717, 1.165) is 28.4 Å². The van der Waals surface area contributed by atoms with E-state index < -0.39 is 0 Å². The second-order valence-electron chi connectivity index (χ2n) is 4.93. The first-order valence-corrected chi connectivity index (χ1v) is 8.97. The van der Waals surface area contributed by atoms with Crippen molar-refractivity contribution in [3.05, 3.63) is 46.5 Å². The zero-order valence-electron chi connectivity index (χ0n) is 12.2. The summed E-state index contributed by atoms with van der Waals surface area (Å²) in [7, 11) is 0. The molecule has 0 saturated carbocycles. The minimum Gasteiger partial charge on any atom is -0.326 e. The first-order chi connectivity index (χ1) is 10.8. The van der Waals surface area contributed by atoms with Crippen LogP contribution in [-0.2, 0) is 4.79 Å². The van der Waals surface area contributed by atoms with Gasteiger partial charge in [-0.3, -0.25) is 4.79 Å². The van der Waals surface area contributed by atoms with Crippen molar-refractivity contribution >= 4 is 34.3 Å². The highest BCUT2D eigenvalue weighted by molar-refractivity contribution is 7.14.